The Morgan fingerprint density at radius 3 is 2.63 bits per heavy atom. The zero-order valence-corrected chi connectivity index (χ0v) is 12.4. The van der Waals surface area contributed by atoms with Gasteiger partial charge in [0, 0.05) is 16.2 Å². The van der Waals surface area contributed by atoms with E-state index >= 15 is 0 Å². The fraction of sp³-hybridized carbons (Fsp3) is 0.0833. The van der Waals surface area contributed by atoms with Gasteiger partial charge in [-0.3, -0.25) is 0 Å². The van der Waals surface area contributed by atoms with Crippen molar-refractivity contribution in [2.45, 2.75) is 6.61 Å². The first kappa shape index (κ1) is 14.5. The molecule has 1 heterocycles. The van der Waals surface area contributed by atoms with E-state index in [1.807, 2.05) is 0 Å². The van der Waals surface area contributed by atoms with Crippen LogP contribution in [0.15, 0.2) is 28.9 Å². The van der Waals surface area contributed by atoms with Gasteiger partial charge in [0.15, 0.2) is 11.6 Å². The summed E-state index contributed by atoms with van der Waals surface area (Å²) in [6.07, 6.45) is 1.41. The summed E-state index contributed by atoms with van der Waals surface area (Å²) in [4.78, 5) is 3.83. The monoisotopic (exact) mass is 367 g/mol. The molecule has 0 atom stereocenters. The highest BCUT2D eigenvalue weighted by atomic mass is 79.9. The topological polar surface area (TPSA) is 22.1 Å². The maximum atomic E-state index is 13.5. The third kappa shape index (κ3) is 3.55. The molecule has 1 aromatic carbocycles. The molecule has 0 unspecified atom stereocenters. The predicted octanol–water partition coefficient (Wildman–Crippen LogP) is 5.01. The number of pyridine rings is 1. The van der Waals surface area contributed by atoms with E-state index in [1.54, 1.807) is 0 Å². The summed E-state index contributed by atoms with van der Waals surface area (Å²) in [5.74, 6) is -2.26. The van der Waals surface area contributed by atoms with Gasteiger partial charge in [0.05, 0.1) is 5.02 Å². The van der Waals surface area contributed by atoms with E-state index in [0.29, 0.717) is 15.1 Å². The molecule has 0 aliphatic rings. The van der Waals surface area contributed by atoms with Crippen LogP contribution in [0.25, 0.3) is 0 Å². The van der Waals surface area contributed by atoms with Gasteiger partial charge in [-0.15, -0.1) is 0 Å². The third-order valence-corrected chi connectivity index (χ3v) is 3.26. The number of benzene rings is 1. The second-order valence-electron chi connectivity index (χ2n) is 3.59. The van der Waals surface area contributed by atoms with Crippen molar-refractivity contribution in [2.75, 3.05) is 0 Å². The molecule has 0 saturated heterocycles. The van der Waals surface area contributed by atoms with Crippen molar-refractivity contribution >= 4 is 39.1 Å². The van der Waals surface area contributed by atoms with Crippen LogP contribution in [0, 0.1) is 11.6 Å². The number of aromatic nitrogens is 1. The molecular weight excluding hydrogens is 363 g/mol. The van der Waals surface area contributed by atoms with Crippen LogP contribution in [-0.4, -0.2) is 4.98 Å². The highest BCUT2D eigenvalue weighted by Crippen LogP contribution is 2.27. The van der Waals surface area contributed by atoms with E-state index in [9.17, 15) is 8.78 Å². The minimum atomic E-state index is -1.05. The van der Waals surface area contributed by atoms with Crippen LogP contribution in [0.4, 0.5) is 8.78 Å². The Morgan fingerprint density at radius 1 is 1.21 bits per heavy atom. The first-order valence-corrected chi connectivity index (χ1v) is 6.59. The van der Waals surface area contributed by atoms with Gasteiger partial charge in [-0.05, 0) is 18.2 Å². The van der Waals surface area contributed by atoms with Crippen LogP contribution in [-0.2, 0) is 6.61 Å². The van der Waals surface area contributed by atoms with Gasteiger partial charge in [-0.2, -0.15) is 4.39 Å². The van der Waals surface area contributed by atoms with Gasteiger partial charge in [0.25, 0.3) is 0 Å². The molecule has 0 saturated carbocycles. The number of hydrogen-bond acceptors (Lipinski definition) is 2. The maximum Gasteiger partial charge on any atom is 0.200 e. The molecule has 7 heteroatoms. The molecule has 0 amide bonds. The lowest BCUT2D eigenvalue weighted by atomic mass is 10.3. The van der Waals surface area contributed by atoms with Crippen LogP contribution < -0.4 is 4.74 Å². The Bertz CT molecular complexity index is 625. The van der Waals surface area contributed by atoms with Crippen LogP contribution in [0.2, 0.25) is 10.2 Å². The Balaban J connectivity index is 2.19. The molecular formula is C12H6BrCl2F2NO. The fourth-order valence-corrected chi connectivity index (χ4v) is 2.16. The predicted molar refractivity (Wildman–Crippen MR) is 72.6 cm³/mol. The molecule has 0 aliphatic carbocycles. The average molecular weight is 369 g/mol. The van der Waals surface area contributed by atoms with E-state index in [4.69, 9.17) is 27.9 Å². The quantitative estimate of drug-likeness (QED) is 0.561. The summed E-state index contributed by atoms with van der Waals surface area (Å²) in [5.41, 5.74) is 0.519. The highest BCUT2D eigenvalue weighted by Gasteiger charge is 2.12. The van der Waals surface area contributed by atoms with E-state index in [1.165, 1.54) is 18.3 Å². The van der Waals surface area contributed by atoms with Crippen molar-refractivity contribution in [1.29, 1.82) is 0 Å². The summed E-state index contributed by atoms with van der Waals surface area (Å²) < 4.78 is 32.2. The molecule has 0 N–H and O–H groups in total. The molecule has 0 fully saturated rings. The summed E-state index contributed by atoms with van der Waals surface area (Å²) >= 11 is 14.6. The van der Waals surface area contributed by atoms with E-state index in [0.717, 1.165) is 6.07 Å². The van der Waals surface area contributed by atoms with Gasteiger partial charge in [-0.1, -0.05) is 39.1 Å². The Kier molecular flexibility index (Phi) is 4.60. The van der Waals surface area contributed by atoms with Crippen LogP contribution in [0.3, 0.4) is 0 Å². The lowest BCUT2D eigenvalue weighted by molar-refractivity contribution is 0.284. The first-order chi connectivity index (χ1) is 8.97. The number of ether oxygens (including phenoxy) is 1. The Labute approximate surface area is 126 Å². The molecule has 2 aromatic rings. The Hall–Kier alpha value is -0.910. The summed E-state index contributed by atoms with van der Waals surface area (Å²) in [6, 6.07) is 3.79. The molecule has 0 radical (unpaired) electrons. The normalized spacial score (nSPS) is 10.6. The number of nitrogens with zero attached hydrogens (tertiary/aromatic N) is 1. The first-order valence-electron chi connectivity index (χ1n) is 5.04. The standard InChI is InChI=1S/C12H6BrCl2F2NO/c13-7-1-9(16)12(17)10(2-7)19-5-6-4-18-11(15)3-8(6)14/h1-4H,5H2. The second kappa shape index (κ2) is 6.03. The van der Waals surface area contributed by atoms with Gasteiger partial charge < -0.3 is 4.74 Å². The third-order valence-electron chi connectivity index (χ3n) is 2.24. The zero-order chi connectivity index (χ0) is 14.0. The van der Waals surface area contributed by atoms with Gasteiger partial charge in [0.1, 0.15) is 11.8 Å². The van der Waals surface area contributed by atoms with Gasteiger partial charge in [-0.25, -0.2) is 9.37 Å². The second-order valence-corrected chi connectivity index (χ2v) is 5.30. The molecule has 100 valence electrons. The Morgan fingerprint density at radius 2 is 1.95 bits per heavy atom. The van der Waals surface area contributed by atoms with Gasteiger partial charge >= 0.3 is 0 Å². The number of rotatable bonds is 3. The van der Waals surface area contributed by atoms with Gasteiger partial charge in [0.2, 0.25) is 5.82 Å². The van der Waals surface area contributed by atoms with Crippen molar-refractivity contribution in [1.82, 2.24) is 4.98 Å². The minimum absolute atomic E-state index is 0.0458. The van der Waals surface area contributed by atoms with Crippen LogP contribution in [0.1, 0.15) is 5.56 Å². The molecule has 2 rings (SSSR count). The fourth-order valence-electron chi connectivity index (χ4n) is 1.33. The number of halogens is 5. The molecule has 0 bridgehead atoms. The van der Waals surface area contributed by atoms with E-state index < -0.39 is 11.6 Å². The molecule has 0 aliphatic heterocycles. The molecule has 1 aromatic heterocycles. The molecule has 19 heavy (non-hydrogen) atoms. The largest absolute Gasteiger partial charge is 0.486 e. The summed E-state index contributed by atoms with van der Waals surface area (Å²) in [7, 11) is 0. The van der Waals surface area contributed by atoms with Crippen molar-refractivity contribution in [3.8, 4) is 5.75 Å². The lowest BCUT2D eigenvalue weighted by Crippen LogP contribution is -2.00. The van der Waals surface area contributed by atoms with Crippen molar-refractivity contribution < 1.29 is 13.5 Å². The molecule has 0 spiro atoms. The average Bonchev–Trinajstić information content (AvgIpc) is 2.33. The highest BCUT2D eigenvalue weighted by molar-refractivity contribution is 9.10. The molecule has 2 nitrogen and oxygen atoms in total. The zero-order valence-electron chi connectivity index (χ0n) is 9.26. The van der Waals surface area contributed by atoms with E-state index in [2.05, 4.69) is 20.9 Å². The van der Waals surface area contributed by atoms with Crippen molar-refractivity contribution in [3.05, 3.63) is 56.2 Å². The minimum Gasteiger partial charge on any atom is -0.486 e. The number of hydrogen-bond donors (Lipinski definition) is 0. The smallest absolute Gasteiger partial charge is 0.200 e. The SMILES string of the molecule is Fc1cc(Br)cc(OCc2cnc(Cl)cc2Cl)c1F. The summed E-state index contributed by atoms with van der Waals surface area (Å²) in [5, 5.41) is 0.587. The van der Waals surface area contributed by atoms with Crippen LogP contribution >= 0.6 is 39.1 Å². The van der Waals surface area contributed by atoms with Crippen molar-refractivity contribution in [3.63, 3.8) is 0 Å². The maximum absolute atomic E-state index is 13.5. The summed E-state index contributed by atoms with van der Waals surface area (Å²) in [6.45, 7) is -0.0458. The van der Waals surface area contributed by atoms with E-state index in [-0.39, 0.29) is 17.5 Å². The lowest BCUT2D eigenvalue weighted by Gasteiger charge is -2.09. The van der Waals surface area contributed by atoms with Crippen LogP contribution in [0.5, 0.6) is 5.75 Å². The van der Waals surface area contributed by atoms with Crippen molar-refractivity contribution in [2.24, 2.45) is 0 Å².